The lowest BCUT2D eigenvalue weighted by Gasteiger charge is -2.22. The van der Waals surface area contributed by atoms with E-state index in [2.05, 4.69) is 5.32 Å². The Morgan fingerprint density at radius 2 is 2.12 bits per heavy atom. The largest absolute Gasteiger partial charge is 0.481 e. The van der Waals surface area contributed by atoms with Crippen LogP contribution in [0.4, 0.5) is 0 Å². The fourth-order valence-corrected chi connectivity index (χ4v) is 5.76. The summed E-state index contributed by atoms with van der Waals surface area (Å²) in [6.45, 7) is 2.54. The Morgan fingerprint density at radius 1 is 1.38 bits per heavy atom. The maximum absolute atomic E-state index is 12.7. The quantitative estimate of drug-likeness (QED) is 0.673. The molecule has 0 aromatic carbocycles. The molecule has 9 heteroatoms. The summed E-state index contributed by atoms with van der Waals surface area (Å²) in [5.74, 6) is -1.17. The van der Waals surface area contributed by atoms with Crippen molar-refractivity contribution in [3.05, 3.63) is 17.0 Å². The van der Waals surface area contributed by atoms with Crippen LogP contribution in [0.1, 0.15) is 37.0 Å². The van der Waals surface area contributed by atoms with Crippen molar-refractivity contribution < 1.29 is 23.1 Å². The summed E-state index contributed by atoms with van der Waals surface area (Å²) in [4.78, 5) is 23.7. The number of hydrogen-bond acceptors (Lipinski definition) is 5. The van der Waals surface area contributed by atoms with Gasteiger partial charge in [0.1, 0.15) is 10.3 Å². The summed E-state index contributed by atoms with van der Waals surface area (Å²) in [6.07, 6.45) is 2.27. The van der Waals surface area contributed by atoms with E-state index in [9.17, 15) is 18.0 Å². The molecule has 0 aliphatic carbocycles. The average molecular weight is 374 g/mol. The van der Waals surface area contributed by atoms with Gasteiger partial charge in [-0.2, -0.15) is 4.31 Å². The molecule has 134 valence electrons. The monoisotopic (exact) mass is 374 g/mol. The molecule has 7 nitrogen and oxygen atoms in total. The van der Waals surface area contributed by atoms with Crippen molar-refractivity contribution in [2.75, 3.05) is 13.1 Å². The van der Waals surface area contributed by atoms with Gasteiger partial charge in [0, 0.05) is 24.4 Å². The number of aryl methyl sites for hydroxylation is 1. The minimum absolute atomic E-state index is 0.0670. The molecule has 0 bridgehead atoms. The molecule has 1 aromatic rings. The standard InChI is InChI=1S/C15H22N2O5S2/c1-11-7-8-14(23-11)24(21,22)17-10-4-5-12(17)15(20)16-9-3-2-6-13(18)19/h7-8,12H,2-6,9-10H2,1H3,(H,16,20)(H,18,19). The van der Waals surface area contributed by atoms with E-state index in [-0.39, 0.29) is 16.5 Å². The lowest BCUT2D eigenvalue weighted by molar-refractivity contribution is -0.137. The zero-order valence-corrected chi connectivity index (χ0v) is 15.2. The number of nitrogens with zero attached hydrogens (tertiary/aromatic N) is 1. The van der Waals surface area contributed by atoms with Gasteiger partial charge in [-0.15, -0.1) is 11.3 Å². The van der Waals surface area contributed by atoms with Crippen LogP contribution < -0.4 is 5.32 Å². The molecule has 2 N–H and O–H groups in total. The van der Waals surface area contributed by atoms with E-state index in [1.54, 1.807) is 12.1 Å². The van der Waals surface area contributed by atoms with Gasteiger partial charge in [0.25, 0.3) is 10.0 Å². The Hall–Kier alpha value is -1.45. The molecule has 0 spiro atoms. The molecule has 1 aliphatic heterocycles. The van der Waals surface area contributed by atoms with E-state index >= 15 is 0 Å². The predicted molar refractivity (Wildman–Crippen MR) is 90.5 cm³/mol. The van der Waals surface area contributed by atoms with Gasteiger partial charge in [-0.3, -0.25) is 9.59 Å². The van der Waals surface area contributed by atoms with Crippen LogP contribution in [0.5, 0.6) is 0 Å². The predicted octanol–water partition coefficient (Wildman–Crippen LogP) is 1.58. The summed E-state index contributed by atoms with van der Waals surface area (Å²) in [5.41, 5.74) is 0. The second-order valence-electron chi connectivity index (χ2n) is 5.78. The third-order valence-corrected chi connectivity index (χ3v) is 7.28. The third kappa shape index (κ3) is 4.55. The number of carboxylic acids is 1. The smallest absolute Gasteiger partial charge is 0.303 e. The number of nitrogens with one attached hydrogen (secondary N) is 1. The molecule has 1 fully saturated rings. The second-order valence-corrected chi connectivity index (χ2v) is 9.19. The maximum Gasteiger partial charge on any atom is 0.303 e. The minimum atomic E-state index is -3.65. The molecule has 1 amide bonds. The van der Waals surface area contributed by atoms with E-state index in [1.807, 2.05) is 6.92 Å². The number of aliphatic carboxylic acids is 1. The fraction of sp³-hybridized carbons (Fsp3) is 0.600. The molecule has 2 heterocycles. The molecule has 1 atom stereocenters. The molecule has 1 unspecified atom stereocenters. The Bertz CT molecular complexity index is 698. The molecule has 0 radical (unpaired) electrons. The Labute approximate surface area is 145 Å². The molecule has 1 aromatic heterocycles. The SMILES string of the molecule is Cc1ccc(S(=O)(=O)N2CCCC2C(=O)NCCCCC(=O)O)s1. The van der Waals surface area contributed by atoms with Crippen molar-refractivity contribution in [1.29, 1.82) is 0 Å². The van der Waals surface area contributed by atoms with Gasteiger partial charge < -0.3 is 10.4 Å². The van der Waals surface area contributed by atoms with E-state index in [0.717, 1.165) is 4.88 Å². The van der Waals surface area contributed by atoms with Crippen LogP contribution in [0.25, 0.3) is 0 Å². The van der Waals surface area contributed by atoms with Gasteiger partial charge in [-0.1, -0.05) is 0 Å². The van der Waals surface area contributed by atoms with Crippen LogP contribution in [0.3, 0.4) is 0 Å². The number of carbonyl (C=O) groups is 2. The molecule has 2 rings (SSSR count). The van der Waals surface area contributed by atoms with Crippen molar-refractivity contribution in [3.8, 4) is 0 Å². The summed E-state index contributed by atoms with van der Waals surface area (Å²) in [6, 6.07) is 2.65. The van der Waals surface area contributed by atoms with Gasteiger partial charge in [0.15, 0.2) is 0 Å². The van der Waals surface area contributed by atoms with Crippen molar-refractivity contribution in [3.63, 3.8) is 0 Å². The Morgan fingerprint density at radius 3 is 2.75 bits per heavy atom. The first kappa shape index (κ1) is 18.9. The lowest BCUT2D eigenvalue weighted by Crippen LogP contribution is -2.45. The van der Waals surface area contributed by atoms with Gasteiger partial charge in [0.05, 0.1) is 0 Å². The Kier molecular flexibility index (Phi) is 6.36. The van der Waals surface area contributed by atoms with Crippen molar-refractivity contribution in [1.82, 2.24) is 9.62 Å². The molecular formula is C15H22N2O5S2. The van der Waals surface area contributed by atoms with Crippen molar-refractivity contribution in [2.45, 2.75) is 49.3 Å². The number of carboxylic acid groups (broad SMARTS) is 1. The van der Waals surface area contributed by atoms with Crippen LogP contribution in [-0.2, 0) is 19.6 Å². The highest BCUT2D eigenvalue weighted by molar-refractivity contribution is 7.91. The minimum Gasteiger partial charge on any atom is -0.481 e. The summed E-state index contributed by atoms with van der Waals surface area (Å²) in [5, 5.41) is 11.3. The van der Waals surface area contributed by atoms with Crippen LogP contribution in [0.2, 0.25) is 0 Å². The van der Waals surface area contributed by atoms with Gasteiger partial charge in [0.2, 0.25) is 5.91 Å². The van der Waals surface area contributed by atoms with E-state index in [4.69, 9.17) is 5.11 Å². The molecule has 1 aliphatic rings. The highest BCUT2D eigenvalue weighted by atomic mass is 32.2. The number of sulfonamides is 1. The summed E-state index contributed by atoms with van der Waals surface area (Å²) < 4.78 is 27.0. The topological polar surface area (TPSA) is 104 Å². The van der Waals surface area contributed by atoms with E-state index < -0.39 is 22.0 Å². The maximum atomic E-state index is 12.7. The molecular weight excluding hydrogens is 352 g/mol. The molecule has 24 heavy (non-hydrogen) atoms. The zero-order valence-electron chi connectivity index (χ0n) is 13.5. The van der Waals surface area contributed by atoms with Gasteiger partial charge >= 0.3 is 5.97 Å². The number of carbonyl (C=O) groups excluding carboxylic acids is 1. The van der Waals surface area contributed by atoms with Gasteiger partial charge in [-0.25, -0.2) is 8.42 Å². The van der Waals surface area contributed by atoms with E-state index in [1.165, 1.54) is 15.6 Å². The highest BCUT2D eigenvalue weighted by Gasteiger charge is 2.39. The lowest BCUT2D eigenvalue weighted by atomic mass is 10.2. The van der Waals surface area contributed by atoms with Crippen LogP contribution in [0, 0.1) is 6.92 Å². The number of thiophene rings is 1. The number of rotatable bonds is 8. The fourth-order valence-electron chi connectivity index (χ4n) is 2.69. The second kappa shape index (κ2) is 8.09. The van der Waals surface area contributed by atoms with Crippen molar-refractivity contribution in [2.24, 2.45) is 0 Å². The number of amides is 1. The Balaban J connectivity index is 1.94. The van der Waals surface area contributed by atoms with E-state index in [0.29, 0.717) is 38.8 Å². The average Bonchev–Trinajstić information content (AvgIpc) is 3.15. The van der Waals surface area contributed by atoms with Crippen LogP contribution >= 0.6 is 11.3 Å². The zero-order chi connectivity index (χ0) is 17.7. The highest BCUT2D eigenvalue weighted by Crippen LogP contribution is 2.30. The first-order valence-corrected chi connectivity index (χ1v) is 10.2. The first-order valence-electron chi connectivity index (χ1n) is 7.90. The van der Waals surface area contributed by atoms with Crippen LogP contribution in [0.15, 0.2) is 16.3 Å². The van der Waals surface area contributed by atoms with Crippen LogP contribution in [-0.4, -0.2) is 48.8 Å². The number of unbranched alkanes of at least 4 members (excludes halogenated alkanes) is 1. The summed E-state index contributed by atoms with van der Waals surface area (Å²) in [7, 11) is -3.65. The number of hydrogen-bond donors (Lipinski definition) is 2. The first-order chi connectivity index (χ1) is 11.3. The molecule has 0 saturated carbocycles. The normalized spacial score (nSPS) is 18.6. The summed E-state index contributed by atoms with van der Waals surface area (Å²) >= 11 is 1.21. The van der Waals surface area contributed by atoms with Gasteiger partial charge in [-0.05, 0) is 44.7 Å². The third-order valence-electron chi connectivity index (χ3n) is 3.90. The van der Waals surface area contributed by atoms with Crippen molar-refractivity contribution >= 4 is 33.2 Å². The molecule has 1 saturated heterocycles.